The molecule has 0 saturated heterocycles. The first-order valence-electron chi connectivity index (χ1n) is 10.9. The number of nitrogens with zero attached hydrogens (tertiary/aromatic N) is 2. The zero-order chi connectivity index (χ0) is 23.0. The lowest BCUT2D eigenvalue weighted by atomic mass is 9.97. The van der Waals surface area contributed by atoms with Gasteiger partial charge in [0.1, 0.15) is 13.2 Å². The number of hydrogen-bond donors (Lipinski definition) is 1. The number of fused-ring (bicyclic) bond motifs is 3. The van der Waals surface area contributed by atoms with Crippen molar-refractivity contribution in [2.45, 2.75) is 20.0 Å². The molecule has 0 saturated carbocycles. The van der Waals surface area contributed by atoms with Crippen LogP contribution < -0.4 is 5.48 Å². The van der Waals surface area contributed by atoms with Gasteiger partial charge in [-0.25, -0.2) is 0 Å². The van der Waals surface area contributed by atoms with E-state index in [2.05, 4.69) is 41.3 Å². The first-order chi connectivity index (χ1) is 16.1. The smallest absolute Gasteiger partial charge is 0.296 e. The summed E-state index contributed by atoms with van der Waals surface area (Å²) in [5, 5.41) is 0. The van der Waals surface area contributed by atoms with E-state index in [0.717, 1.165) is 11.1 Å². The molecule has 0 aromatic heterocycles. The molecule has 1 amide bonds. The number of allylic oxidation sites excluding steroid dienone is 1. The van der Waals surface area contributed by atoms with Gasteiger partial charge < -0.3 is 9.64 Å². The Morgan fingerprint density at radius 2 is 1.48 bits per heavy atom. The Balaban J connectivity index is 1.64. The fourth-order valence-electron chi connectivity index (χ4n) is 3.72. The molecule has 1 heterocycles. The van der Waals surface area contributed by atoms with E-state index in [4.69, 9.17) is 9.57 Å². The minimum absolute atomic E-state index is 0.223. The van der Waals surface area contributed by atoms with Crippen LogP contribution in [0, 0.1) is 0 Å². The van der Waals surface area contributed by atoms with E-state index in [1.807, 2.05) is 47.4 Å². The Morgan fingerprint density at radius 1 is 0.909 bits per heavy atom. The van der Waals surface area contributed by atoms with Crippen LogP contribution in [0.2, 0.25) is 0 Å². The number of nitrogens with one attached hydrogen (secondary N) is 1. The van der Waals surface area contributed by atoms with Crippen molar-refractivity contribution in [1.29, 1.82) is 0 Å². The predicted octanol–water partition coefficient (Wildman–Crippen LogP) is 4.94. The normalized spacial score (nSPS) is 12.9. The largest absolute Gasteiger partial charge is 0.462 e. The maximum Gasteiger partial charge on any atom is 0.296 e. The third kappa shape index (κ3) is 5.67. The SMILES string of the molecule is C=C(C)NOCCOC(=NC(=O)c1ccccc1)N1Cc2ccccc2-c2ccccc2C1. The molecule has 0 bridgehead atoms. The van der Waals surface area contributed by atoms with Crippen molar-refractivity contribution in [3.63, 3.8) is 0 Å². The number of carbonyl (C=O) groups excluding carboxylic acids is 1. The molecule has 168 valence electrons. The molecule has 0 unspecified atom stereocenters. The summed E-state index contributed by atoms with van der Waals surface area (Å²) in [6.45, 7) is 7.16. The summed E-state index contributed by atoms with van der Waals surface area (Å²) in [5.74, 6) is -0.350. The van der Waals surface area contributed by atoms with Gasteiger partial charge >= 0.3 is 0 Å². The maximum absolute atomic E-state index is 12.9. The van der Waals surface area contributed by atoms with Crippen molar-refractivity contribution in [2.75, 3.05) is 13.2 Å². The second-order valence-electron chi connectivity index (χ2n) is 7.82. The number of rotatable bonds is 6. The van der Waals surface area contributed by atoms with Gasteiger partial charge in [0.05, 0.1) is 0 Å². The number of ether oxygens (including phenoxy) is 1. The molecule has 0 atom stereocenters. The monoisotopic (exact) mass is 441 g/mol. The fraction of sp³-hybridized carbons (Fsp3) is 0.185. The highest BCUT2D eigenvalue weighted by Gasteiger charge is 2.23. The second kappa shape index (κ2) is 10.6. The molecule has 0 spiro atoms. The van der Waals surface area contributed by atoms with Crippen LogP contribution in [0.3, 0.4) is 0 Å². The van der Waals surface area contributed by atoms with Gasteiger partial charge in [0.15, 0.2) is 0 Å². The van der Waals surface area contributed by atoms with Crippen molar-refractivity contribution >= 4 is 11.9 Å². The van der Waals surface area contributed by atoms with E-state index < -0.39 is 0 Å². The third-order valence-electron chi connectivity index (χ3n) is 5.20. The van der Waals surface area contributed by atoms with E-state index in [9.17, 15) is 4.79 Å². The van der Waals surface area contributed by atoms with Crippen molar-refractivity contribution in [2.24, 2.45) is 4.99 Å². The van der Waals surface area contributed by atoms with Crippen LogP contribution in [0.25, 0.3) is 11.1 Å². The lowest BCUT2D eigenvalue weighted by molar-refractivity contribution is 0.0338. The molecule has 1 N–H and O–H groups in total. The van der Waals surface area contributed by atoms with Crippen molar-refractivity contribution in [1.82, 2.24) is 10.4 Å². The van der Waals surface area contributed by atoms with Crippen LogP contribution in [0.5, 0.6) is 0 Å². The topological polar surface area (TPSA) is 63.2 Å². The van der Waals surface area contributed by atoms with E-state index in [0.29, 0.717) is 24.4 Å². The summed E-state index contributed by atoms with van der Waals surface area (Å²) in [7, 11) is 0. The minimum atomic E-state index is -0.350. The van der Waals surface area contributed by atoms with Gasteiger partial charge in [-0.1, -0.05) is 73.3 Å². The van der Waals surface area contributed by atoms with Gasteiger partial charge in [0, 0.05) is 24.4 Å². The molecular weight excluding hydrogens is 414 g/mol. The Labute approximate surface area is 194 Å². The Hall–Kier alpha value is -3.90. The molecule has 0 radical (unpaired) electrons. The van der Waals surface area contributed by atoms with Gasteiger partial charge in [0.2, 0.25) is 0 Å². The van der Waals surface area contributed by atoms with Gasteiger partial charge in [-0.05, 0) is 41.3 Å². The van der Waals surface area contributed by atoms with E-state index in [-0.39, 0.29) is 25.1 Å². The molecule has 3 aromatic rings. The quantitative estimate of drug-likeness (QED) is 0.254. The molecule has 0 aliphatic carbocycles. The average Bonchev–Trinajstić information content (AvgIpc) is 3.00. The zero-order valence-electron chi connectivity index (χ0n) is 18.7. The summed E-state index contributed by atoms with van der Waals surface area (Å²) in [4.78, 5) is 24.6. The third-order valence-corrected chi connectivity index (χ3v) is 5.20. The van der Waals surface area contributed by atoms with Crippen LogP contribution in [-0.4, -0.2) is 30.0 Å². The maximum atomic E-state index is 12.9. The summed E-state index contributed by atoms with van der Waals surface area (Å²) in [6, 6.07) is 25.9. The highest BCUT2D eigenvalue weighted by molar-refractivity contribution is 6.01. The highest BCUT2D eigenvalue weighted by atomic mass is 16.7. The van der Waals surface area contributed by atoms with Crippen LogP contribution in [0.15, 0.2) is 96.1 Å². The number of amidine groups is 1. The zero-order valence-corrected chi connectivity index (χ0v) is 18.7. The fourth-order valence-corrected chi connectivity index (χ4v) is 3.72. The van der Waals surface area contributed by atoms with Crippen LogP contribution in [0.1, 0.15) is 28.4 Å². The molecule has 33 heavy (non-hydrogen) atoms. The van der Waals surface area contributed by atoms with Crippen LogP contribution in [-0.2, 0) is 22.7 Å². The van der Waals surface area contributed by atoms with Crippen molar-refractivity contribution in [3.8, 4) is 11.1 Å². The molecule has 0 fully saturated rings. The molecule has 6 heteroatoms. The minimum Gasteiger partial charge on any atom is -0.462 e. The molecule has 4 rings (SSSR count). The number of hydrogen-bond acceptors (Lipinski definition) is 4. The Morgan fingerprint density at radius 3 is 2.09 bits per heavy atom. The van der Waals surface area contributed by atoms with Crippen molar-refractivity contribution < 1.29 is 14.4 Å². The van der Waals surface area contributed by atoms with Gasteiger partial charge in [-0.3, -0.25) is 15.1 Å². The van der Waals surface area contributed by atoms with Gasteiger partial charge in [-0.2, -0.15) is 4.99 Å². The van der Waals surface area contributed by atoms with Crippen molar-refractivity contribution in [3.05, 3.63) is 108 Å². The summed E-state index contributed by atoms with van der Waals surface area (Å²) >= 11 is 0. The average molecular weight is 442 g/mol. The summed E-state index contributed by atoms with van der Waals surface area (Å²) in [6.07, 6.45) is 0. The highest BCUT2D eigenvalue weighted by Crippen LogP contribution is 2.32. The molecule has 6 nitrogen and oxygen atoms in total. The molecular formula is C27H27N3O3. The van der Waals surface area contributed by atoms with Gasteiger partial charge in [-0.15, -0.1) is 0 Å². The summed E-state index contributed by atoms with van der Waals surface area (Å²) in [5.41, 5.74) is 8.56. The second-order valence-corrected chi connectivity index (χ2v) is 7.82. The Bertz CT molecular complexity index is 1110. The van der Waals surface area contributed by atoms with Crippen LogP contribution >= 0.6 is 0 Å². The number of carbonyl (C=O) groups is 1. The Kier molecular flexibility index (Phi) is 7.17. The standard InChI is InChI=1S/C27H27N3O3/c1-20(2)29-33-17-16-32-27(28-26(31)21-10-4-3-5-11-21)30-18-22-12-6-8-14-24(22)25-15-9-7-13-23(25)19-30/h3-15,29H,1,16-19H2,2H3. The number of benzene rings is 3. The van der Waals surface area contributed by atoms with E-state index in [1.54, 1.807) is 19.1 Å². The predicted molar refractivity (Wildman–Crippen MR) is 129 cm³/mol. The number of amides is 1. The summed E-state index contributed by atoms with van der Waals surface area (Å²) < 4.78 is 6.00. The lowest BCUT2D eigenvalue weighted by Gasteiger charge is -2.24. The van der Waals surface area contributed by atoms with E-state index in [1.165, 1.54) is 11.1 Å². The first-order valence-corrected chi connectivity index (χ1v) is 10.9. The number of aliphatic imine (C=N–C) groups is 1. The van der Waals surface area contributed by atoms with E-state index >= 15 is 0 Å². The number of hydroxylamine groups is 1. The first kappa shape index (κ1) is 22.3. The molecule has 3 aromatic carbocycles. The van der Waals surface area contributed by atoms with Crippen LogP contribution in [0.4, 0.5) is 0 Å². The lowest BCUT2D eigenvalue weighted by Crippen LogP contribution is -2.33. The van der Waals surface area contributed by atoms with Gasteiger partial charge in [0.25, 0.3) is 11.9 Å². The molecule has 1 aliphatic heterocycles. The molecule has 1 aliphatic rings.